The maximum Gasteiger partial charge on any atom is 0.306 e. The van der Waals surface area contributed by atoms with Crippen molar-refractivity contribution in [3.63, 3.8) is 0 Å². The van der Waals surface area contributed by atoms with Gasteiger partial charge in [0.05, 0.1) is 6.61 Å². The lowest BCUT2D eigenvalue weighted by molar-refractivity contribution is -0.163. The molecule has 0 fully saturated rings. The summed E-state index contributed by atoms with van der Waals surface area (Å²) in [5, 5.41) is 0. The lowest BCUT2D eigenvalue weighted by Gasteiger charge is -2.18. The van der Waals surface area contributed by atoms with Crippen molar-refractivity contribution in [2.24, 2.45) is 0 Å². The Morgan fingerprint density at radius 2 is 0.682 bits per heavy atom. The van der Waals surface area contributed by atoms with Crippen molar-refractivity contribution in [3.8, 4) is 0 Å². The number of rotatable bonds is 53. The molecule has 0 amide bonds. The van der Waals surface area contributed by atoms with Crippen molar-refractivity contribution < 1.29 is 23.8 Å². The SMILES string of the molecule is CC/C=C\C/C=C\C/C=C\CCCCCCCCCCOCC(COC(=O)CCCCCCCCCCC/C=C\C/C=C\CCCCC)OC(=O)CCCCCCCCCCCCCCC. The number of esters is 2. The lowest BCUT2D eigenvalue weighted by Crippen LogP contribution is -2.30. The normalized spacial score (nSPS) is 12.6. The number of unbranched alkanes of at least 4 members (excludes halogenated alkanes) is 32. The monoisotopic (exact) mass is 923 g/mol. The van der Waals surface area contributed by atoms with E-state index in [1.165, 1.54) is 193 Å². The van der Waals surface area contributed by atoms with E-state index < -0.39 is 6.10 Å². The third-order valence-corrected chi connectivity index (χ3v) is 12.5. The predicted octanol–water partition coefficient (Wildman–Crippen LogP) is 19.7. The first kappa shape index (κ1) is 63.6. The van der Waals surface area contributed by atoms with E-state index in [2.05, 4.69) is 81.5 Å². The van der Waals surface area contributed by atoms with Gasteiger partial charge in [0.1, 0.15) is 6.61 Å². The van der Waals surface area contributed by atoms with Gasteiger partial charge in [-0.05, 0) is 83.5 Å². The van der Waals surface area contributed by atoms with Crippen molar-refractivity contribution in [1.82, 2.24) is 0 Å². The van der Waals surface area contributed by atoms with Gasteiger partial charge in [-0.3, -0.25) is 9.59 Å². The van der Waals surface area contributed by atoms with E-state index in [1.807, 2.05) is 0 Å². The zero-order chi connectivity index (χ0) is 47.7. The summed E-state index contributed by atoms with van der Waals surface area (Å²) in [5.74, 6) is -0.393. The first-order valence-electron chi connectivity index (χ1n) is 28.8. The van der Waals surface area contributed by atoms with E-state index in [9.17, 15) is 9.59 Å². The topological polar surface area (TPSA) is 61.8 Å². The molecule has 0 aromatic carbocycles. The minimum atomic E-state index is -0.541. The van der Waals surface area contributed by atoms with Crippen LogP contribution in [0.1, 0.15) is 290 Å². The molecule has 0 saturated heterocycles. The highest BCUT2D eigenvalue weighted by molar-refractivity contribution is 5.70. The van der Waals surface area contributed by atoms with E-state index in [4.69, 9.17) is 14.2 Å². The molecule has 0 aliphatic rings. The Labute approximate surface area is 411 Å². The predicted molar refractivity (Wildman–Crippen MR) is 288 cm³/mol. The Kier molecular flexibility index (Phi) is 54.9. The second-order valence-electron chi connectivity index (χ2n) is 19.2. The van der Waals surface area contributed by atoms with E-state index >= 15 is 0 Å². The van der Waals surface area contributed by atoms with Gasteiger partial charge in [-0.15, -0.1) is 0 Å². The van der Waals surface area contributed by atoms with Crippen LogP contribution < -0.4 is 0 Å². The number of carbonyl (C=O) groups is 2. The first-order chi connectivity index (χ1) is 32.6. The van der Waals surface area contributed by atoms with Crippen molar-refractivity contribution in [3.05, 3.63) is 60.8 Å². The molecule has 66 heavy (non-hydrogen) atoms. The Morgan fingerprint density at radius 3 is 1.12 bits per heavy atom. The number of allylic oxidation sites excluding steroid dienone is 10. The Hall–Kier alpha value is -2.40. The van der Waals surface area contributed by atoms with Crippen molar-refractivity contribution in [1.29, 1.82) is 0 Å². The average Bonchev–Trinajstić information content (AvgIpc) is 3.32. The average molecular weight is 924 g/mol. The minimum absolute atomic E-state index is 0.0823. The molecule has 0 aliphatic heterocycles. The van der Waals surface area contributed by atoms with Gasteiger partial charge in [0.15, 0.2) is 6.10 Å². The third kappa shape index (κ3) is 54.2. The molecule has 0 aromatic heterocycles. The molecule has 0 radical (unpaired) electrons. The quantitative estimate of drug-likeness (QED) is 0.0346. The van der Waals surface area contributed by atoms with Crippen molar-refractivity contribution in [2.45, 2.75) is 297 Å². The summed E-state index contributed by atoms with van der Waals surface area (Å²) in [7, 11) is 0. The summed E-state index contributed by atoms with van der Waals surface area (Å²) in [6.07, 6.45) is 72.4. The van der Waals surface area contributed by atoms with Crippen molar-refractivity contribution >= 4 is 11.9 Å². The van der Waals surface area contributed by atoms with Gasteiger partial charge in [0.25, 0.3) is 0 Å². The van der Waals surface area contributed by atoms with Crippen LogP contribution >= 0.6 is 0 Å². The largest absolute Gasteiger partial charge is 0.462 e. The Bertz CT molecular complexity index is 1130. The molecule has 0 bridgehead atoms. The zero-order valence-electron chi connectivity index (χ0n) is 44.2. The summed E-state index contributed by atoms with van der Waals surface area (Å²) >= 11 is 0. The molecule has 5 heteroatoms. The van der Waals surface area contributed by atoms with Gasteiger partial charge in [-0.2, -0.15) is 0 Å². The second kappa shape index (κ2) is 56.9. The molecule has 5 nitrogen and oxygen atoms in total. The molecule has 0 heterocycles. The summed E-state index contributed by atoms with van der Waals surface area (Å²) < 4.78 is 17.5. The van der Waals surface area contributed by atoms with Gasteiger partial charge in [0, 0.05) is 19.4 Å². The zero-order valence-corrected chi connectivity index (χ0v) is 44.2. The maximum atomic E-state index is 12.8. The van der Waals surface area contributed by atoms with Crippen molar-refractivity contribution in [2.75, 3.05) is 19.8 Å². The summed E-state index contributed by atoms with van der Waals surface area (Å²) in [4.78, 5) is 25.5. The Balaban J connectivity index is 4.24. The Morgan fingerprint density at radius 1 is 0.348 bits per heavy atom. The van der Waals surface area contributed by atoms with Gasteiger partial charge < -0.3 is 14.2 Å². The van der Waals surface area contributed by atoms with Crippen LogP contribution in [0.15, 0.2) is 60.8 Å². The highest BCUT2D eigenvalue weighted by Crippen LogP contribution is 2.16. The van der Waals surface area contributed by atoms with Gasteiger partial charge in [0.2, 0.25) is 0 Å². The van der Waals surface area contributed by atoms with Crippen LogP contribution in [0.4, 0.5) is 0 Å². The molecule has 0 rings (SSSR count). The molecular weight excluding hydrogens is 813 g/mol. The number of hydrogen-bond acceptors (Lipinski definition) is 5. The molecular formula is C61H110O5. The smallest absolute Gasteiger partial charge is 0.306 e. The minimum Gasteiger partial charge on any atom is -0.462 e. The van der Waals surface area contributed by atoms with Crippen LogP contribution in [0.5, 0.6) is 0 Å². The number of carbonyl (C=O) groups excluding carboxylic acids is 2. The van der Waals surface area contributed by atoms with E-state index in [0.29, 0.717) is 19.4 Å². The highest BCUT2D eigenvalue weighted by Gasteiger charge is 2.17. The van der Waals surface area contributed by atoms with Crippen LogP contribution in [0.3, 0.4) is 0 Å². The number of ether oxygens (including phenoxy) is 3. The first-order valence-corrected chi connectivity index (χ1v) is 28.8. The van der Waals surface area contributed by atoms with Gasteiger partial charge in [-0.25, -0.2) is 0 Å². The van der Waals surface area contributed by atoms with E-state index in [0.717, 1.165) is 64.2 Å². The van der Waals surface area contributed by atoms with Crippen LogP contribution in [-0.2, 0) is 23.8 Å². The summed E-state index contributed by atoms with van der Waals surface area (Å²) in [5.41, 5.74) is 0. The van der Waals surface area contributed by atoms with E-state index in [1.54, 1.807) is 0 Å². The van der Waals surface area contributed by atoms with E-state index in [-0.39, 0.29) is 25.2 Å². The fourth-order valence-corrected chi connectivity index (χ4v) is 8.26. The summed E-state index contributed by atoms with van der Waals surface area (Å²) in [6, 6.07) is 0. The maximum absolute atomic E-state index is 12.8. The van der Waals surface area contributed by atoms with Gasteiger partial charge >= 0.3 is 11.9 Å². The molecule has 0 saturated carbocycles. The van der Waals surface area contributed by atoms with Crippen LogP contribution in [0.25, 0.3) is 0 Å². The van der Waals surface area contributed by atoms with Gasteiger partial charge in [-0.1, -0.05) is 255 Å². The fourth-order valence-electron chi connectivity index (χ4n) is 8.26. The molecule has 0 spiro atoms. The molecule has 0 aromatic rings. The standard InChI is InChI=1S/C61H110O5/c1-4-7-10-13-16-19-22-25-27-29-31-32-34-37-39-42-45-48-51-54-60(62)65-58-59(66-61(63)55-52-49-46-43-40-36-24-21-18-15-12-9-6-3)57-64-56-53-50-47-44-41-38-35-33-30-28-26-23-20-17-14-11-8-5-2/h8,11,16-17,19-20,25-28,59H,4-7,9-10,12-15,18,21-24,29-58H2,1-3H3/b11-8-,19-16-,20-17-,27-25-,28-26-. The third-order valence-electron chi connectivity index (χ3n) is 12.5. The molecule has 0 aliphatic carbocycles. The lowest BCUT2D eigenvalue weighted by atomic mass is 10.0. The van der Waals surface area contributed by atoms with Crippen LogP contribution in [0, 0.1) is 0 Å². The molecule has 1 unspecified atom stereocenters. The summed E-state index contributed by atoms with van der Waals surface area (Å²) in [6.45, 7) is 7.72. The number of hydrogen-bond donors (Lipinski definition) is 0. The van der Waals surface area contributed by atoms with Crippen LogP contribution in [0.2, 0.25) is 0 Å². The second-order valence-corrected chi connectivity index (χ2v) is 19.2. The molecule has 0 N–H and O–H groups in total. The molecule has 1 atom stereocenters. The highest BCUT2D eigenvalue weighted by atomic mass is 16.6. The van der Waals surface area contributed by atoms with Crippen LogP contribution in [-0.4, -0.2) is 37.9 Å². The molecule has 384 valence electrons. The fraction of sp³-hybridized carbons (Fsp3) is 0.803.